The SMILES string of the molecule is CCOC(=O)c1c(NS(C)(=O)=O)sc2c1CCOC2. The number of ether oxygens (including phenoxy) is 2. The maximum absolute atomic E-state index is 12.0. The number of thiophene rings is 1. The highest BCUT2D eigenvalue weighted by atomic mass is 32.2. The van der Waals surface area contributed by atoms with Crippen LogP contribution in [0.2, 0.25) is 0 Å². The predicted octanol–water partition coefficient (Wildman–Crippen LogP) is 1.37. The fourth-order valence-electron chi connectivity index (χ4n) is 1.89. The molecule has 0 spiro atoms. The first-order chi connectivity index (χ1) is 8.92. The van der Waals surface area contributed by atoms with E-state index in [1.165, 1.54) is 11.3 Å². The number of carbonyl (C=O) groups is 1. The maximum Gasteiger partial charge on any atom is 0.341 e. The maximum atomic E-state index is 12.0. The minimum Gasteiger partial charge on any atom is -0.462 e. The summed E-state index contributed by atoms with van der Waals surface area (Å²) in [4.78, 5) is 12.9. The number of anilines is 1. The highest BCUT2D eigenvalue weighted by Gasteiger charge is 2.27. The molecule has 106 valence electrons. The minimum atomic E-state index is -3.44. The van der Waals surface area contributed by atoms with Gasteiger partial charge in [0.05, 0.1) is 31.6 Å². The molecule has 1 aliphatic rings. The van der Waals surface area contributed by atoms with E-state index in [1.807, 2.05) is 0 Å². The molecule has 0 saturated carbocycles. The van der Waals surface area contributed by atoms with E-state index in [-0.39, 0.29) is 6.61 Å². The topological polar surface area (TPSA) is 81.7 Å². The Bertz CT molecular complexity index is 590. The second-order valence-corrected chi connectivity index (χ2v) is 6.96. The van der Waals surface area contributed by atoms with Gasteiger partial charge in [0.2, 0.25) is 10.0 Å². The summed E-state index contributed by atoms with van der Waals surface area (Å²) in [6.07, 6.45) is 1.64. The van der Waals surface area contributed by atoms with Crippen LogP contribution in [-0.4, -0.2) is 33.9 Å². The van der Waals surface area contributed by atoms with Crippen molar-refractivity contribution in [1.82, 2.24) is 0 Å². The smallest absolute Gasteiger partial charge is 0.341 e. The quantitative estimate of drug-likeness (QED) is 0.850. The van der Waals surface area contributed by atoms with E-state index < -0.39 is 16.0 Å². The Balaban J connectivity index is 2.46. The first kappa shape index (κ1) is 14.3. The molecule has 1 aromatic heterocycles. The van der Waals surface area contributed by atoms with Crippen molar-refractivity contribution in [2.45, 2.75) is 20.0 Å². The lowest BCUT2D eigenvalue weighted by atomic mass is 10.1. The molecule has 0 unspecified atom stereocenters. The molecule has 1 N–H and O–H groups in total. The monoisotopic (exact) mass is 305 g/mol. The van der Waals surface area contributed by atoms with Gasteiger partial charge in [-0.25, -0.2) is 13.2 Å². The van der Waals surface area contributed by atoms with Crippen molar-refractivity contribution < 1.29 is 22.7 Å². The zero-order valence-electron chi connectivity index (χ0n) is 10.7. The van der Waals surface area contributed by atoms with Crippen molar-refractivity contribution in [3.63, 3.8) is 0 Å². The summed E-state index contributed by atoms with van der Waals surface area (Å²) in [7, 11) is -3.44. The van der Waals surface area contributed by atoms with Gasteiger partial charge >= 0.3 is 5.97 Å². The molecule has 0 aliphatic carbocycles. The van der Waals surface area contributed by atoms with E-state index in [0.717, 1.165) is 16.7 Å². The van der Waals surface area contributed by atoms with Gasteiger partial charge in [0.25, 0.3) is 0 Å². The van der Waals surface area contributed by atoms with E-state index in [1.54, 1.807) is 6.92 Å². The fourth-order valence-corrected chi connectivity index (χ4v) is 3.98. The van der Waals surface area contributed by atoms with Crippen molar-refractivity contribution in [2.75, 3.05) is 24.2 Å². The van der Waals surface area contributed by atoms with E-state index in [4.69, 9.17) is 9.47 Å². The lowest BCUT2D eigenvalue weighted by Gasteiger charge is -2.13. The Morgan fingerprint density at radius 3 is 2.89 bits per heavy atom. The Labute approximate surface area is 115 Å². The molecule has 0 saturated heterocycles. The Hall–Kier alpha value is -1.12. The summed E-state index contributed by atoms with van der Waals surface area (Å²) >= 11 is 1.23. The van der Waals surface area contributed by atoms with Crippen molar-refractivity contribution >= 4 is 32.3 Å². The first-order valence-corrected chi connectivity index (χ1v) is 8.50. The van der Waals surface area contributed by atoms with Crippen molar-refractivity contribution in [1.29, 1.82) is 0 Å². The predicted molar refractivity (Wildman–Crippen MR) is 72.1 cm³/mol. The van der Waals surface area contributed by atoms with Crippen LogP contribution >= 0.6 is 11.3 Å². The van der Waals surface area contributed by atoms with Crippen LogP contribution in [0.1, 0.15) is 27.7 Å². The number of fused-ring (bicyclic) bond motifs is 1. The highest BCUT2D eigenvalue weighted by Crippen LogP contribution is 2.37. The molecule has 1 aromatic rings. The van der Waals surface area contributed by atoms with Crippen molar-refractivity contribution in [2.24, 2.45) is 0 Å². The van der Waals surface area contributed by atoms with Gasteiger partial charge in [-0.1, -0.05) is 0 Å². The summed E-state index contributed by atoms with van der Waals surface area (Å²) < 4.78 is 35.4. The molecule has 1 aliphatic heterocycles. The van der Waals surface area contributed by atoms with E-state index in [0.29, 0.717) is 30.2 Å². The van der Waals surface area contributed by atoms with Gasteiger partial charge in [-0.05, 0) is 18.9 Å². The Kier molecular flexibility index (Phi) is 4.12. The Morgan fingerprint density at radius 1 is 1.53 bits per heavy atom. The molecular weight excluding hydrogens is 290 g/mol. The lowest BCUT2D eigenvalue weighted by molar-refractivity contribution is 0.0524. The van der Waals surface area contributed by atoms with Crippen LogP contribution in [0.3, 0.4) is 0 Å². The number of nitrogens with one attached hydrogen (secondary N) is 1. The molecule has 0 atom stereocenters. The number of rotatable bonds is 4. The third kappa shape index (κ3) is 3.26. The van der Waals surface area contributed by atoms with Gasteiger partial charge in [-0.2, -0.15) is 0 Å². The molecule has 0 radical (unpaired) electrons. The van der Waals surface area contributed by atoms with E-state index >= 15 is 0 Å². The summed E-state index contributed by atoms with van der Waals surface area (Å²) in [5.74, 6) is -0.493. The van der Waals surface area contributed by atoms with Crippen LogP contribution in [0.25, 0.3) is 0 Å². The third-order valence-electron chi connectivity index (χ3n) is 2.58. The van der Waals surface area contributed by atoms with Crippen LogP contribution < -0.4 is 4.72 Å². The number of sulfonamides is 1. The van der Waals surface area contributed by atoms with Crippen LogP contribution in [0.4, 0.5) is 5.00 Å². The molecule has 0 fully saturated rings. The van der Waals surface area contributed by atoms with Gasteiger partial charge in [-0.15, -0.1) is 11.3 Å². The number of esters is 1. The van der Waals surface area contributed by atoms with Crippen LogP contribution in [-0.2, 0) is 32.5 Å². The number of carbonyl (C=O) groups excluding carboxylic acids is 1. The standard InChI is InChI=1S/C11H15NO5S2/c1-3-17-11(13)9-7-4-5-16-6-8(7)18-10(9)12-19(2,14)15/h12H,3-6H2,1-2H3. The molecule has 0 amide bonds. The molecule has 0 aromatic carbocycles. The van der Waals surface area contributed by atoms with E-state index in [2.05, 4.69) is 4.72 Å². The zero-order valence-corrected chi connectivity index (χ0v) is 12.3. The van der Waals surface area contributed by atoms with Gasteiger partial charge < -0.3 is 9.47 Å². The van der Waals surface area contributed by atoms with Crippen molar-refractivity contribution in [3.8, 4) is 0 Å². The molecule has 6 nitrogen and oxygen atoms in total. The average Bonchev–Trinajstić information content (AvgIpc) is 2.64. The molecule has 2 rings (SSSR count). The largest absolute Gasteiger partial charge is 0.462 e. The molecule has 8 heteroatoms. The van der Waals surface area contributed by atoms with Gasteiger partial charge in [0, 0.05) is 4.88 Å². The molecule has 2 heterocycles. The summed E-state index contributed by atoms with van der Waals surface area (Å²) in [5.41, 5.74) is 1.16. The summed E-state index contributed by atoms with van der Waals surface area (Å²) in [5, 5.41) is 0.316. The second kappa shape index (κ2) is 5.48. The van der Waals surface area contributed by atoms with E-state index in [9.17, 15) is 13.2 Å². The lowest BCUT2D eigenvalue weighted by Crippen LogP contribution is -2.16. The first-order valence-electron chi connectivity index (χ1n) is 5.79. The molecule has 0 bridgehead atoms. The fraction of sp³-hybridized carbons (Fsp3) is 0.545. The van der Waals surface area contributed by atoms with Crippen LogP contribution in [0.5, 0.6) is 0 Å². The second-order valence-electron chi connectivity index (χ2n) is 4.11. The summed E-state index contributed by atoms with van der Waals surface area (Å²) in [6.45, 7) is 2.88. The molecular formula is C11H15NO5S2. The number of hydrogen-bond acceptors (Lipinski definition) is 6. The summed E-state index contributed by atoms with van der Waals surface area (Å²) in [6, 6.07) is 0. The molecule has 19 heavy (non-hydrogen) atoms. The minimum absolute atomic E-state index is 0.248. The average molecular weight is 305 g/mol. The Morgan fingerprint density at radius 2 is 2.26 bits per heavy atom. The van der Waals surface area contributed by atoms with Gasteiger partial charge in [-0.3, -0.25) is 4.72 Å². The van der Waals surface area contributed by atoms with Crippen molar-refractivity contribution in [3.05, 3.63) is 16.0 Å². The van der Waals surface area contributed by atoms with Crippen LogP contribution in [0, 0.1) is 0 Å². The highest BCUT2D eigenvalue weighted by molar-refractivity contribution is 7.92. The zero-order chi connectivity index (χ0) is 14.0. The normalized spacial score (nSPS) is 14.8. The van der Waals surface area contributed by atoms with Gasteiger partial charge in [0.15, 0.2) is 0 Å². The number of hydrogen-bond donors (Lipinski definition) is 1. The third-order valence-corrected chi connectivity index (χ3v) is 4.40. The van der Waals surface area contributed by atoms with Crippen LogP contribution in [0.15, 0.2) is 0 Å². The van der Waals surface area contributed by atoms with Gasteiger partial charge in [0.1, 0.15) is 5.00 Å².